The molecule has 0 atom stereocenters. The van der Waals surface area contributed by atoms with Gasteiger partial charge in [-0.15, -0.1) is 0 Å². The molecule has 0 amide bonds. The summed E-state index contributed by atoms with van der Waals surface area (Å²) in [6.07, 6.45) is 5.27. The van der Waals surface area contributed by atoms with Crippen LogP contribution in [0, 0.1) is 0 Å². The first-order valence-electron chi connectivity index (χ1n) is 3.97. The summed E-state index contributed by atoms with van der Waals surface area (Å²) in [4.78, 5) is 0. The van der Waals surface area contributed by atoms with Gasteiger partial charge >= 0.3 is 0 Å². The van der Waals surface area contributed by atoms with Gasteiger partial charge in [0.25, 0.3) is 0 Å². The van der Waals surface area contributed by atoms with Crippen LogP contribution in [0.25, 0.3) is 12.2 Å². The lowest BCUT2D eigenvalue weighted by molar-refractivity contribution is 0.411. The van der Waals surface area contributed by atoms with Crippen LogP contribution in [0.3, 0.4) is 0 Å². The third-order valence-electron chi connectivity index (χ3n) is 1.59. The Morgan fingerprint density at radius 3 is 2.64 bits per heavy atom. The van der Waals surface area contributed by atoms with Gasteiger partial charge in [0.1, 0.15) is 1.37 Å². The minimum absolute atomic E-state index is 0.177. The molecule has 1 aliphatic rings. The topological polar surface area (TPSA) is 9.23 Å². The first-order valence-corrected chi connectivity index (χ1v) is 3.47. The highest BCUT2D eigenvalue weighted by Crippen LogP contribution is 2.14. The monoisotopic (exact) mass is 145 g/mol. The first-order chi connectivity index (χ1) is 5.86. The molecule has 0 aliphatic carbocycles. The molecule has 1 heterocycles. The van der Waals surface area contributed by atoms with Gasteiger partial charge in [-0.2, -0.15) is 0 Å². The summed E-state index contributed by atoms with van der Waals surface area (Å²) >= 11 is 0. The van der Waals surface area contributed by atoms with Crippen molar-refractivity contribution in [2.24, 2.45) is 0 Å². The van der Waals surface area contributed by atoms with Crippen LogP contribution in [0.5, 0.6) is 0 Å². The minimum Gasteiger partial charge on any atom is -0.473 e. The van der Waals surface area contributed by atoms with E-state index in [1.807, 2.05) is 30.3 Å². The van der Waals surface area contributed by atoms with Crippen LogP contribution in [0.15, 0.2) is 36.8 Å². The average Bonchev–Trinajstić information content (AvgIpc) is 2.25. The summed E-state index contributed by atoms with van der Waals surface area (Å²) in [6, 6.07) is 7.86. The first kappa shape index (κ1) is 5.19. The number of hydrogen-bond donors (Lipinski definition) is 0. The van der Waals surface area contributed by atoms with Crippen molar-refractivity contribution in [1.29, 1.82) is 0 Å². The van der Waals surface area contributed by atoms with Gasteiger partial charge in [0.15, 0.2) is 0 Å². The van der Waals surface area contributed by atoms with Crippen molar-refractivity contribution in [2.75, 3.05) is 0 Å². The van der Waals surface area contributed by atoms with Crippen LogP contribution in [0.1, 0.15) is 12.5 Å². The Labute approximate surface area is 67.0 Å². The molecular formula is C10H8O. The largest absolute Gasteiger partial charge is 0.473 e. The van der Waals surface area contributed by atoms with Crippen LogP contribution >= 0.6 is 0 Å². The predicted octanol–water partition coefficient (Wildman–Crippen LogP) is 2.66. The van der Waals surface area contributed by atoms with Crippen LogP contribution < -0.4 is 0 Å². The highest BCUT2D eigenvalue weighted by Gasteiger charge is 1.95. The van der Waals surface area contributed by atoms with Crippen LogP contribution in [0.4, 0.5) is 0 Å². The summed E-state index contributed by atoms with van der Waals surface area (Å²) in [6.45, 7) is 0. The van der Waals surface area contributed by atoms with Gasteiger partial charge in [-0.3, -0.25) is 0 Å². The number of rotatable bonds is 0. The molecular weight excluding hydrogens is 136 g/mol. The van der Waals surface area contributed by atoms with E-state index in [4.69, 9.17) is 6.11 Å². The molecule has 0 bridgehead atoms. The van der Waals surface area contributed by atoms with Crippen molar-refractivity contribution in [3.63, 3.8) is 0 Å². The smallest absolute Gasteiger partial charge is 0.104 e. The Morgan fingerprint density at radius 1 is 1.09 bits per heavy atom. The van der Waals surface area contributed by atoms with E-state index in [0.717, 1.165) is 11.1 Å². The quantitative estimate of drug-likeness (QED) is 0.545. The SMILES string of the molecule is [2H]C1=Cc2ccccc2C=CO1. The molecule has 1 nitrogen and oxygen atoms in total. The third kappa shape index (κ3) is 1.17. The second-order valence-electron chi connectivity index (χ2n) is 2.31. The minimum atomic E-state index is 0.177. The lowest BCUT2D eigenvalue weighted by atomic mass is 10.1. The molecule has 1 aliphatic heterocycles. The molecule has 0 unspecified atom stereocenters. The molecule has 1 heteroatoms. The zero-order chi connectivity index (χ0) is 8.39. The van der Waals surface area contributed by atoms with Gasteiger partial charge in [-0.25, -0.2) is 0 Å². The van der Waals surface area contributed by atoms with E-state index in [1.165, 1.54) is 6.26 Å². The van der Waals surface area contributed by atoms with Crippen LogP contribution in [-0.2, 0) is 4.74 Å². The normalized spacial score (nSPS) is 15.6. The Bertz CT molecular complexity index is 353. The molecule has 1 aromatic rings. The van der Waals surface area contributed by atoms with Crippen molar-refractivity contribution in [1.82, 2.24) is 0 Å². The molecule has 0 N–H and O–H groups in total. The van der Waals surface area contributed by atoms with Gasteiger partial charge in [0.05, 0.1) is 12.5 Å². The van der Waals surface area contributed by atoms with Gasteiger partial charge in [0, 0.05) is 0 Å². The van der Waals surface area contributed by atoms with Gasteiger partial charge < -0.3 is 4.74 Å². The molecule has 54 valence electrons. The molecule has 0 fully saturated rings. The number of ether oxygens (including phenoxy) is 1. The van der Waals surface area contributed by atoms with Gasteiger partial charge in [-0.05, 0) is 23.3 Å². The predicted molar refractivity (Wildman–Crippen MR) is 45.6 cm³/mol. The van der Waals surface area contributed by atoms with Gasteiger partial charge in [-0.1, -0.05) is 24.3 Å². The van der Waals surface area contributed by atoms with E-state index in [1.54, 1.807) is 6.08 Å². The Balaban J connectivity index is 2.58. The second kappa shape index (κ2) is 2.62. The summed E-state index contributed by atoms with van der Waals surface area (Å²) in [7, 11) is 0. The number of benzene rings is 1. The van der Waals surface area contributed by atoms with E-state index in [0.29, 0.717) is 0 Å². The molecule has 0 spiro atoms. The fourth-order valence-corrected chi connectivity index (χ4v) is 1.04. The van der Waals surface area contributed by atoms with Crippen molar-refractivity contribution in [3.8, 4) is 0 Å². The summed E-state index contributed by atoms with van der Waals surface area (Å²) in [5.74, 6) is 0. The van der Waals surface area contributed by atoms with Crippen LogP contribution in [-0.4, -0.2) is 0 Å². The van der Waals surface area contributed by atoms with Gasteiger partial charge in [0.2, 0.25) is 0 Å². The molecule has 0 aromatic heterocycles. The van der Waals surface area contributed by atoms with Crippen LogP contribution in [0.2, 0.25) is 0 Å². The highest BCUT2D eigenvalue weighted by molar-refractivity contribution is 5.65. The van der Waals surface area contributed by atoms with E-state index in [2.05, 4.69) is 0 Å². The maximum absolute atomic E-state index is 7.33. The maximum Gasteiger partial charge on any atom is 0.104 e. The summed E-state index contributed by atoms with van der Waals surface area (Å²) in [5, 5.41) is 0. The Hall–Kier alpha value is -1.50. The average molecular weight is 145 g/mol. The molecule has 0 saturated heterocycles. The zero-order valence-corrected chi connectivity index (χ0v) is 5.95. The Morgan fingerprint density at radius 2 is 1.82 bits per heavy atom. The summed E-state index contributed by atoms with van der Waals surface area (Å²) < 4.78 is 12.3. The van der Waals surface area contributed by atoms with Crippen molar-refractivity contribution in [2.45, 2.75) is 0 Å². The molecule has 0 saturated carbocycles. The van der Waals surface area contributed by atoms with Crippen molar-refractivity contribution in [3.05, 3.63) is 47.9 Å². The third-order valence-corrected chi connectivity index (χ3v) is 1.59. The lowest BCUT2D eigenvalue weighted by Crippen LogP contribution is -1.76. The summed E-state index contributed by atoms with van der Waals surface area (Å²) in [5.41, 5.74) is 2.11. The Kier molecular flexibility index (Phi) is 1.24. The van der Waals surface area contributed by atoms with E-state index in [9.17, 15) is 0 Å². The molecule has 11 heavy (non-hydrogen) atoms. The number of hydrogen-bond acceptors (Lipinski definition) is 1. The van der Waals surface area contributed by atoms with E-state index >= 15 is 0 Å². The highest BCUT2D eigenvalue weighted by atomic mass is 16.5. The second-order valence-corrected chi connectivity index (χ2v) is 2.31. The zero-order valence-electron chi connectivity index (χ0n) is 6.95. The van der Waals surface area contributed by atoms with E-state index < -0.39 is 0 Å². The molecule has 0 radical (unpaired) electrons. The van der Waals surface area contributed by atoms with Crippen molar-refractivity contribution >= 4 is 12.2 Å². The van der Waals surface area contributed by atoms with Crippen molar-refractivity contribution < 1.29 is 6.11 Å². The standard InChI is InChI=1S/C10H8O/c1-2-4-10-6-8-11-7-5-9(10)3-1/h1-8H/i7D. The maximum atomic E-state index is 7.33. The molecule has 1 aromatic carbocycles. The number of fused-ring (bicyclic) bond motifs is 1. The lowest BCUT2D eigenvalue weighted by Gasteiger charge is -1.95. The fourth-order valence-electron chi connectivity index (χ4n) is 1.04. The van der Waals surface area contributed by atoms with E-state index in [-0.39, 0.29) is 6.24 Å². The molecule has 2 rings (SSSR count). The fraction of sp³-hybridized carbons (Fsp3) is 0.